The summed E-state index contributed by atoms with van der Waals surface area (Å²) in [5, 5.41) is 4.20. The number of rotatable bonds is 4. The Hall–Kier alpha value is -2.56. The van der Waals surface area contributed by atoms with Gasteiger partial charge in [-0.1, -0.05) is 19.1 Å². The molecule has 130 valence electrons. The van der Waals surface area contributed by atoms with Crippen molar-refractivity contribution in [2.75, 3.05) is 0 Å². The van der Waals surface area contributed by atoms with Crippen LogP contribution in [0.25, 0.3) is 11.0 Å². The van der Waals surface area contributed by atoms with Crippen molar-refractivity contribution in [3.63, 3.8) is 0 Å². The fourth-order valence-electron chi connectivity index (χ4n) is 3.64. The van der Waals surface area contributed by atoms with Crippen molar-refractivity contribution in [1.82, 2.24) is 14.9 Å². The number of nitrogens with zero attached hydrogens (tertiary/aromatic N) is 2. The molecule has 5 heteroatoms. The highest BCUT2D eigenvalue weighted by atomic mass is 16.3. The predicted molar refractivity (Wildman–Crippen MR) is 96.5 cm³/mol. The zero-order chi connectivity index (χ0) is 17.4. The molecule has 0 fully saturated rings. The fraction of sp³-hybridized carbons (Fsp3) is 0.400. The number of hydrogen-bond donors (Lipinski definition) is 1. The van der Waals surface area contributed by atoms with Gasteiger partial charge in [-0.2, -0.15) is 0 Å². The van der Waals surface area contributed by atoms with Gasteiger partial charge in [0.05, 0.1) is 18.4 Å². The Balaban J connectivity index is 1.43. The number of fused-ring (bicyclic) bond motifs is 2. The normalized spacial score (nSPS) is 16.8. The van der Waals surface area contributed by atoms with Crippen molar-refractivity contribution >= 4 is 16.9 Å². The summed E-state index contributed by atoms with van der Waals surface area (Å²) < 4.78 is 7.80. The maximum Gasteiger partial charge on any atom is 0.224 e. The molecule has 1 aromatic carbocycles. The molecule has 2 aromatic heterocycles. The Labute approximate surface area is 147 Å². The van der Waals surface area contributed by atoms with Crippen LogP contribution in [0, 0.1) is 6.92 Å². The standard InChI is InChI=1S/C20H23N3O2/c1-3-14-4-6-17-15(12-25-18(17)8-14)9-20(24)22-16-5-7-19-21-13(2)10-23(19)11-16/h4,6,8,10,12,16H,3,5,7,9,11H2,1-2H3,(H,22,24)/t16-/m1/s1. The maximum absolute atomic E-state index is 12.5. The Morgan fingerprint density at radius 3 is 3.16 bits per heavy atom. The van der Waals surface area contributed by atoms with Crippen LogP contribution in [0.3, 0.4) is 0 Å². The van der Waals surface area contributed by atoms with E-state index in [1.807, 2.05) is 6.92 Å². The molecule has 1 aliphatic rings. The second kappa shape index (κ2) is 6.39. The van der Waals surface area contributed by atoms with Crippen LogP contribution >= 0.6 is 0 Å². The number of furan rings is 1. The lowest BCUT2D eigenvalue weighted by molar-refractivity contribution is -0.121. The van der Waals surface area contributed by atoms with Crippen LogP contribution in [-0.4, -0.2) is 21.5 Å². The summed E-state index contributed by atoms with van der Waals surface area (Å²) in [6.45, 7) is 4.93. The van der Waals surface area contributed by atoms with Gasteiger partial charge in [0.2, 0.25) is 5.91 Å². The van der Waals surface area contributed by atoms with Crippen molar-refractivity contribution in [2.45, 2.75) is 52.1 Å². The summed E-state index contributed by atoms with van der Waals surface area (Å²) in [5.74, 6) is 1.17. The van der Waals surface area contributed by atoms with E-state index in [0.717, 1.165) is 53.9 Å². The quantitative estimate of drug-likeness (QED) is 0.795. The molecule has 1 N–H and O–H groups in total. The molecule has 1 atom stereocenters. The maximum atomic E-state index is 12.5. The fourth-order valence-corrected chi connectivity index (χ4v) is 3.64. The summed E-state index contributed by atoms with van der Waals surface area (Å²) in [7, 11) is 0. The second-order valence-electron chi connectivity index (χ2n) is 6.88. The Kier molecular flexibility index (Phi) is 4.07. The largest absolute Gasteiger partial charge is 0.464 e. The lowest BCUT2D eigenvalue weighted by atomic mass is 10.0. The van der Waals surface area contributed by atoms with Crippen LogP contribution in [0.4, 0.5) is 0 Å². The number of aryl methyl sites for hydroxylation is 3. The van der Waals surface area contributed by atoms with Crippen molar-refractivity contribution in [3.8, 4) is 0 Å². The number of carbonyl (C=O) groups is 1. The van der Waals surface area contributed by atoms with E-state index in [0.29, 0.717) is 6.42 Å². The van der Waals surface area contributed by atoms with Crippen LogP contribution in [0.5, 0.6) is 0 Å². The van der Waals surface area contributed by atoms with Gasteiger partial charge in [-0.3, -0.25) is 4.79 Å². The van der Waals surface area contributed by atoms with E-state index in [9.17, 15) is 4.79 Å². The molecule has 3 heterocycles. The number of imidazole rings is 1. The first kappa shape index (κ1) is 15.9. The molecule has 1 aliphatic heterocycles. The summed E-state index contributed by atoms with van der Waals surface area (Å²) in [5.41, 5.74) is 4.09. The average molecular weight is 337 g/mol. The second-order valence-corrected chi connectivity index (χ2v) is 6.88. The topological polar surface area (TPSA) is 60.1 Å². The molecule has 1 amide bonds. The number of amides is 1. The summed E-state index contributed by atoms with van der Waals surface area (Å²) in [4.78, 5) is 17.0. The molecule has 4 rings (SSSR count). The lowest BCUT2D eigenvalue weighted by Crippen LogP contribution is -2.41. The van der Waals surface area contributed by atoms with Gasteiger partial charge in [0, 0.05) is 36.2 Å². The Bertz CT molecular complexity index is 922. The van der Waals surface area contributed by atoms with E-state index < -0.39 is 0 Å². The van der Waals surface area contributed by atoms with Gasteiger partial charge in [-0.15, -0.1) is 0 Å². The van der Waals surface area contributed by atoms with Gasteiger partial charge in [-0.05, 0) is 31.4 Å². The molecular weight excluding hydrogens is 314 g/mol. The number of benzene rings is 1. The number of carbonyl (C=O) groups excluding carboxylic acids is 1. The Morgan fingerprint density at radius 1 is 1.44 bits per heavy atom. The van der Waals surface area contributed by atoms with Crippen molar-refractivity contribution in [1.29, 1.82) is 0 Å². The number of aromatic nitrogens is 2. The average Bonchev–Trinajstić information content (AvgIpc) is 3.16. The van der Waals surface area contributed by atoms with Crippen LogP contribution in [0.1, 0.15) is 36.0 Å². The third-order valence-electron chi connectivity index (χ3n) is 4.96. The van der Waals surface area contributed by atoms with Crippen molar-refractivity contribution in [3.05, 3.63) is 53.3 Å². The Morgan fingerprint density at radius 2 is 2.32 bits per heavy atom. The highest BCUT2D eigenvalue weighted by molar-refractivity contribution is 5.88. The van der Waals surface area contributed by atoms with Crippen LogP contribution < -0.4 is 5.32 Å². The summed E-state index contributed by atoms with van der Waals surface area (Å²) in [6, 6.07) is 6.38. The highest BCUT2D eigenvalue weighted by Gasteiger charge is 2.21. The van der Waals surface area contributed by atoms with Crippen LogP contribution in [-0.2, 0) is 30.6 Å². The molecule has 3 aromatic rings. The van der Waals surface area contributed by atoms with Gasteiger partial charge in [-0.25, -0.2) is 4.98 Å². The van der Waals surface area contributed by atoms with Gasteiger partial charge in [0.15, 0.2) is 0 Å². The van der Waals surface area contributed by atoms with Crippen LogP contribution in [0.2, 0.25) is 0 Å². The molecule has 0 saturated heterocycles. The summed E-state index contributed by atoms with van der Waals surface area (Å²) >= 11 is 0. The van der Waals surface area contributed by atoms with Gasteiger partial charge >= 0.3 is 0 Å². The van der Waals surface area contributed by atoms with E-state index in [2.05, 4.69) is 46.2 Å². The molecule has 0 saturated carbocycles. The zero-order valence-electron chi connectivity index (χ0n) is 14.7. The molecular formula is C20H23N3O2. The SMILES string of the molecule is CCc1ccc2c(CC(=O)N[C@@H]3CCc4nc(C)cn4C3)coc2c1. The third kappa shape index (κ3) is 3.18. The molecule has 0 radical (unpaired) electrons. The van der Waals surface area contributed by atoms with E-state index in [1.54, 1.807) is 6.26 Å². The first-order valence-corrected chi connectivity index (χ1v) is 8.93. The van der Waals surface area contributed by atoms with E-state index in [-0.39, 0.29) is 11.9 Å². The molecule has 0 bridgehead atoms. The monoisotopic (exact) mass is 337 g/mol. The minimum absolute atomic E-state index is 0.0487. The molecule has 0 aliphatic carbocycles. The van der Waals surface area contributed by atoms with Crippen LogP contribution in [0.15, 0.2) is 35.1 Å². The van der Waals surface area contributed by atoms with E-state index >= 15 is 0 Å². The van der Waals surface area contributed by atoms with Gasteiger partial charge in [0.25, 0.3) is 0 Å². The molecule has 0 spiro atoms. The number of hydrogen-bond acceptors (Lipinski definition) is 3. The predicted octanol–water partition coefficient (Wildman–Crippen LogP) is 3.17. The van der Waals surface area contributed by atoms with E-state index in [4.69, 9.17) is 4.42 Å². The van der Waals surface area contributed by atoms with Gasteiger partial charge < -0.3 is 14.3 Å². The molecule has 0 unspecified atom stereocenters. The highest BCUT2D eigenvalue weighted by Crippen LogP contribution is 2.23. The minimum atomic E-state index is 0.0487. The van der Waals surface area contributed by atoms with Crippen molar-refractivity contribution in [2.24, 2.45) is 0 Å². The smallest absolute Gasteiger partial charge is 0.224 e. The van der Waals surface area contributed by atoms with Crippen molar-refractivity contribution < 1.29 is 9.21 Å². The molecule has 25 heavy (non-hydrogen) atoms. The summed E-state index contributed by atoms with van der Waals surface area (Å²) in [6.07, 6.45) is 6.94. The first-order chi connectivity index (χ1) is 12.1. The van der Waals surface area contributed by atoms with Gasteiger partial charge in [0.1, 0.15) is 11.4 Å². The van der Waals surface area contributed by atoms with E-state index in [1.165, 1.54) is 5.56 Å². The lowest BCUT2D eigenvalue weighted by Gasteiger charge is -2.24. The minimum Gasteiger partial charge on any atom is -0.464 e. The zero-order valence-corrected chi connectivity index (χ0v) is 14.7. The first-order valence-electron chi connectivity index (χ1n) is 8.93. The molecule has 5 nitrogen and oxygen atoms in total. The number of nitrogens with one attached hydrogen (secondary N) is 1. The third-order valence-corrected chi connectivity index (χ3v) is 4.96.